The lowest BCUT2D eigenvalue weighted by Crippen LogP contribution is -2.47. The number of carboxylic acids is 1. The number of aliphatic carboxylic acids is 1. The van der Waals surface area contributed by atoms with Gasteiger partial charge in [-0.2, -0.15) is 0 Å². The molecule has 0 radical (unpaired) electrons. The van der Waals surface area contributed by atoms with Gasteiger partial charge in [-0.05, 0) is 29.7 Å². The van der Waals surface area contributed by atoms with E-state index in [4.69, 9.17) is 12.2 Å². The first-order valence-electron chi connectivity index (χ1n) is 6.60. The van der Waals surface area contributed by atoms with Crippen LogP contribution in [0.15, 0.2) is 29.2 Å². The van der Waals surface area contributed by atoms with Crippen LogP contribution in [0.3, 0.4) is 0 Å². The summed E-state index contributed by atoms with van der Waals surface area (Å²) in [6, 6.07) is 5.39. The fraction of sp³-hybridized carbons (Fsp3) is 0.267. The van der Waals surface area contributed by atoms with E-state index < -0.39 is 17.9 Å². The number of carbonyl (C=O) groups is 2. The number of phenolic OH excluding ortho intramolecular Hbond substituents is 1. The number of hydrogen-bond acceptors (Lipinski definition) is 5. The SMILES string of the molecule is CC(C)[C@@H](C(=O)O)N1C(=O)/C(=C/c2ccc(O)cc2)SC1=S. The monoisotopic (exact) mass is 337 g/mol. The van der Waals surface area contributed by atoms with Crippen molar-refractivity contribution in [3.8, 4) is 5.75 Å². The molecule has 2 N–H and O–H groups in total. The maximum Gasteiger partial charge on any atom is 0.327 e. The van der Waals surface area contributed by atoms with Gasteiger partial charge in [0.2, 0.25) is 0 Å². The molecule has 116 valence electrons. The van der Waals surface area contributed by atoms with Crippen LogP contribution in [0.1, 0.15) is 19.4 Å². The molecule has 1 heterocycles. The molecule has 1 fully saturated rings. The zero-order valence-electron chi connectivity index (χ0n) is 12.0. The van der Waals surface area contributed by atoms with Crippen molar-refractivity contribution < 1.29 is 19.8 Å². The normalized spacial score (nSPS) is 18.3. The van der Waals surface area contributed by atoms with Crippen molar-refractivity contribution in [1.82, 2.24) is 4.90 Å². The van der Waals surface area contributed by atoms with Gasteiger partial charge in [0.25, 0.3) is 5.91 Å². The van der Waals surface area contributed by atoms with E-state index >= 15 is 0 Å². The molecule has 2 rings (SSSR count). The van der Waals surface area contributed by atoms with E-state index in [-0.39, 0.29) is 16.0 Å². The number of rotatable bonds is 4. The van der Waals surface area contributed by atoms with Crippen molar-refractivity contribution in [1.29, 1.82) is 0 Å². The molecule has 1 amide bonds. The number of aromatic hydroxyl groups is 1. The highest BCUT2D eigenvalue weighted by Gasteiger charge is 2.41. The van der Waals surface area contributed by atoms with Crippen LogP contribution in [0.4, 0.5) is 0 Å². The van der Waals surface area contributed by atoms with E-state index in [1.54, 1.807) is 32.1 Å². The Balaban J connectivity index is 2.32. The van der Waals surface area contributed by atoms with Crippen LogP contribution in [0.25, 0.3) is 6.08 Å². The summed E-state index contributed by atoms with van der Waals surface area (Å²) >= 11 is 6.26. The molecule has 1 aliphatic heterocycles. The summed E-state index contributed by atoms with van der Waals surface area (Å²) in [4.78, 5) is 25.4. The summed E-state index contributed by atoms with van der Waals surface area (Å²) in [7, 11) is 0. The summed E-state index contributed by atoms with van der Waals surface area (Å²) in [5, 5.41) is 18.6. The van der Waals surface area contributed by atoms with E-state index in [1.807, 2.05) is 0 Å². The van der Waals surface area contributed by atoms with Crippen molar-refractivity contribution in [3.05, 3.63) is 34.7 Å². The van der Waals surface area contributed by atoms with Crippen molar-refractivity contribution in [2.75, 3.05) is 0 Å². The third-order valence-electron chi connectivity index (χ3n) is 3.18. The van der Waals surface area contributed by atoms with Crippen LogP contribution in [0.2, 0.25) is 0 Å². The van der Waals surface area contributed by atoms with Crippen molar-refractivity contribution in [3.63, 3.8) is 0 Å². The average Bonchev–Trinajstić information content (AvgIpc) is 2.69. The average molecular weight is 337 g/mol. The van der Waals surface area contributed by atoms with Crippen LogP contribution in [-0.2, 0) is 9.59 Å². The molecule has 0 spiro atoms. The van der Waals surface area contributed by atoms with Crippen molar-refractivity contribution in [2.45, 2.75) is 19.9 Å². The molecule has 7 heteroatoms. The number of benzene rings is 1. The molecule has 1 aromatic carbocycles. The lowest BCUT2D eigenvalue weighted by molar-refractivity contribution is -0.146. The maximum atomic E-state index is 12.5. The molecule has 1 aliphatic rings. The standard InChI is InChI=1S/C15H15NO4S2/c1-8(2)12(14(19)20)16-13(18)11(22-15(16)21)7-9-3-5-10(17)6-4-9/h3-8,12,17H,1-2H3,(H,19,20)/b11-7-/t12-/m0/s1. The van der Waals surface area contributed by atoms with E-state index in [0.717, 1.165) is 17.3 Å². The second-order valence-electron chi connectivity index (χ2n) is 5.17. The van der Waals surface area contributed by atoms with Gasteiger partial charge in [-0.3, -0.25) is 9.69 Å². The van der Waals surface area contributed by atoms with Crippen molar-refractivity contribution >= 4 is 46.3 Å². The minimum absolute atomic E-state index is 0.135. The molecule has 1 atom stereocenters. The van der Waals surface area contributed by atoms with Gasteiger partial charge in [0.05, 0.1) is 4.91 Å². The number of amides is 1. The number of phenols is 1. The van der Waals surface area contributed by atoms with E-state index in [2.05, 4.69) is 0 Å². The quantitative estimate of drug-likeness (QED) is 0.650. The molecular formula is C15H15NO4S2. The topological polar surface area (TPSA) is 77.8 Å². The molecule has 1 saturated heterocycles. The number of hydrogen-bond donors (Lipinski definition) is 2. The van der Waals surface area contributed by atoms with Gasteiger partial charge in [0.1, 0.15) is 16.1 Å². The summed E-state index contributed by atoms with van der Waals surface area (Å²) in [6.45, 7) is 3.47. The molecule has 1 aromatic rings. The minimum atomic E-state index is -1.07. The summed E-state index contributed by atoms with van der Waals surface area (Å²) < 4.78 is 0.246. The van der Waals surface area contributed by atoms with Gasteiger partial charge >= 0.3 is 5.97 Å². The molecular weight excluding hydrogens is 322 g/mol. The number of thioether (sulfide) groups is 1. The number of nitrogens with zero attached hydrogens (tertiary/aromatic N) is 1. The summed E-state index contributed by atoms with van der Waals surface area (Å²) in [5.41, 5.74) is 0.731. The largest absolute Gasteiger partial charge is 0.508 e. The molecule has 0 unspecified atom stereocenters. The van der Waals surface area contributed by atoms with Crippen molar-refractivity contribution in [2.24, 2.45) is 5.92 Å². The predicted octanol–water partition coefficient (Wildman–Crippen LogP) is 2.70. The Bertz CT molecular complexity index is 652. The lowest BCUT2D eigenvalue weighted by atomic mass is 10.0. The summed E-state index contributed by atoms with van der Waals surface area (Å²) in [5.74, 6) is -1.59. The van der Waals surface area contributed by atoms with Gasteiger partial charge in [-0.25, -0.2) is 4.79 Å². The Hall–Kier alpha value is -1.86. The van der Waals surface area contributed by atoms with Gasteiger partial charge in [-0.1, -0.05) is 50.0 Å². The third kappa shape index (κ3) is 3.31. The van der Waals surface area contributed by atoms with Crippen LogP contribution in [0, 0.1) is 5.92 Å². The van der Waals surface area contributed by atoms with Gasteiger partial charge in [0, 0.05) is 0 Å². The summed E-state index contributed by atoms with van der Waals surface area (Å²) in [6.07, 6.45) is 1.64. The molecule has 0 bridgehead atoms. The predicted molar refractivity (Wildman–Crippen MR) is 89.4 cm³/mol. The zero-order valence-corrected chi connectivity index (χ0v) is 13.6. The minimum Gasteiger partial charge on any atom is -0.508 e. The number of carboxylic acid groups (broad SMARTS) is 1. The lowest BCUT2D eigenvalue weighted by Gasteiger charge is -2.26. The Morgan fingerprint density at radius 3 is 2.41 bits per heavy atom. The van der Waals surface area contributed by atoms with E-state index in [9.17, 15) is 19.8 Å². The first-order chi connectivity index (χ1) is 10.3. The smallest absolute Gasteiger partial charge is 0.327 e. The highest BCUT2D eigenvalue weighted by atomic mass is 32.2. The molecule has 0 aromatic heterocycles. The first-order valence-corrected chi connectivity index (χ1v) is 7.82. The highest BCUT2D eigenvalue weighted by molar-refractivity contribution is 8.26. The molecule has 5 nitrogen and oxygen atoms in total. The second-order valence-corrected chi connectivity index (χ2v) is 6.85. The fourth-order valence-corrected chi connectivity index (χ4v) is 3.46. The van der Waals surface area contributed by atoms with Crippen LogP contribution in [-0.4, -0.2) is 37.4 Å². The Morgan fingerprint density at radius 2 is 1.91 bits per heavy atom. The van der Waals surface area contributed by atoms with Gasteiger partial charge in [-0.15, -0.1) is 0 Å². The van der Waals surface area contributed by atoms with E-state index in [0.29, 0.717) is 4.91 Å². The van der Waals surface area contributed by atoms with Crippen LogP contribution in [0.5, 0.6) is 5.75 Å². The molecule has 0 aliphatic carbocycles. The van der Waals surface area contributed by atoms with E-state index in [1.165, 1.54) is 17.0 Å². The number of carbonyl (C=O) groups excluding carboxylic acids is 1. The Morgan fingerprint density at radius 1 is 1.32 bits per heavy atom. The second kappa shape index (κ2) is 6.50. The van der Waals surface area contributed by atoms with Gasteiger partial charge < -0.3 is 10.2 Å². The fourth-order valence-electron chi connectivity index (χ4n) is 2.14. The zero-order chi connectivity index (χ0) is 16.4. The number of thiocarbonyl (C=S) groups is 1. The Kier molecular flexibility index (Phi) is 4.87. The molecule has 0 saturated carbocycles. The highest BCUT2D eigenvalue weighted by Crippen LogP contribution is 2.35. The van der Waals surface area contributed by atoms with Crippen LogP contribution < -0.4 is 0 Å². The third-order valence-corrected chi connectivity index (χ3v) is 4.51. The first kappa shape index (κ1) is 16.5. The van der Waals surface area contributed by atoms with Gasteiger partial charge in [0.15, 0.2) is 0 Å². The Labute approximate surface area is 137 Å². The molecule has 22 heavy (non-hydrogen) atoms. The van der Waals surface area contributed by atoms with Crippen LogP contribution >= 0.6 is 24.0 Å². The maximum absolute atomic E-state index is 12.5.